The van der Waals surface area contributed by atoms with Gasteiger partial charge in [-0.05, 0) is 53.1 Å². The largest absolute Gasteiger partial charge is 0.497 e. The fourth-order valence-electron chi connectivity index (χ4n) is 2.83. The molecule has 3 rings (SSSR count). The van der Waals surface area contributed by atoms with Crippen LogP contribution < -0.4 is 4.74 Å². The average molecular weight is 282 g/mol. The molecule has 3 nitrogen and oxygen atoms in total. The molecule has 0 unspecified atom stereocenters. The molecule has 0 bridgehead atoms. The molecule has 0 saturated heterocycles. The zero-order chi connectivity index (χ0) is 14.8. The topological polar surface area (TPSA) is 46.5 Å². The van der Waals surface area contributed by atoms with Crippen molar-refractivity contribution in [1.82, 2.24) is 0 Å². The molecular formula is C18H18O3. The minimum Gasteiger partial charge on any atom is -0.497 e. The predicted octanol–water partition coefficient (Wildman–Crippen LogP) is 3.87. The molecule has 0 aromatic heterocycles. The molecule has 2 aromatic carbocycles. The number of aliphatic carboxylic acids is 1. The summed E-state index contributed by atoms with van der Waals surface area (Å²) in [6.07, 6.45) is 2.38. The van der Waals surface area contributed by atoms with Crippen molar-refractivity contribution in [2.45, 2.75) is 25.2 Å². The maximum atomic E-state index is 11.1. The Kier molecular flexibility index (Phi) is 3.65. The van der Waals surface area contributed by atoms with E-state index in [-0.39, 0.29) is 6.42 Å². The molecule has 0 heterocycles. The molecule has 0 radical (unpaired) electrons. The van der Waals surface area contributed by atoms with E-state index in [0.717, 1.165) is 35.3 Å². The minimum atomic E-state index is -0.778. The predicted molar refractivity (Wildman–Crippen MR) is 81.7 cm³/mol. The molecule has 1 aliphatic carbocycles. The number of ether oxygens (including phenoxy) is 1. The molecule has 1 fully saturated rings. The van der Waals surface area contributed by atoms with Crippen molar-refractivity contribution in [2.24, 2.45) is 0 Å². The fourth-order valence-corrected chi connectivity index (χ4v) is 2.83. The Labute approximate surface area is 124 Å². The number of rotatable bonds is 5. The van der Waals surface area contributed by atoms with Crippen LogP contribution in [0.5, 0.6) is 5.75 Å². The molecule has 0 atom stereocenters. The highest BCUT2D eigenvalue weighted by molar-refractivity contribution is 5.76. The summed E-state index contributed by atoms with van der Waals surface area (Å²) < 4.78 is 5.29. The van der Waals surface area contributed by atoms with Gasteiger partial charge in [0.25, 0.3) is 0 Å². The van der Waals surface area contributed by atoms with E-state index < -0.39 is 5.97 Å². The van der Waals surface area contributed by atoms with Crippen LogP contribution in [0.15, 0.2) is 42.5 Å². The van der Waals surface area contributed by atoms with Crippen LogP contribution in [0, 0.1) is 0 Å². The second-order valence-corrected chi connectivity index (χ2v) is 5.46. The van der Waals surface area contributed by atoms with Crippen molar-refractivity contribution in [2.75, 3.05) is 7.11 Å². The normalized spacial score (nSPS) is 14.0. The van der Waals surface area contributed by atoms with Gasteiger partial charge in [0.15, 0.2) is 0 Å². The number of hydrogen-bond acceptors (Lipinski definition) is 2. The van der Waals surface area contributed by atoms with Gasteiger partial charge in [-0.15, -0.1) is 0 Å². The van der Waals surface area contributed by atoms with Gasteiger partial charge >= 0.3 is 5.97 Å². The summed E-state index contributed by atoms with van der Waals surface area (Å²) in [4.78, 5) is 11.1. The Hall–Kier alpha value is -2.29. The molecule has 0 amide bonds. The number of benzene rings is 2. The lowest BCUT2D eigenvalue weighted by molar-refractivity contribution is -0.136. The first-order valence-corrected chi connectivity index (χ1v) is 7.17. The van der Waals surface area contributed by atoms with Gasteiger partial charge in [0.2, 0.25) is 0 Å². The molecule has 0 aliphatic heterocycles. The Morgan fingerprint density at radius 1 is 1.24 bits per heavy atom. The van der Waals surface area contributed by atoms with Gasteiger partial charge in [0.05, 0.1) is 13.5 Å². The first-order chi connectivity index (χ1) is 10.2. The summed E-state index contributed by atoms with van der Waals surface area (Å²) in [6.45, 7) is 0. The van der Waals surface area contributed by atoms with Crippen LogP contribution in [-0.2, 0) is 11.2 Å². The Morgan fingerprint density at radius 3 is 2.67 bits per heavy atom. The number of methoxy groups -OCH3 is 1. The van der Waals surface area contributed by atoms with Crippen LogP contribution in [0.2, 0.25) is 0 Å². The highest BCUT2D eigenvalue weighted by Gasteiger charge is 2.29. The van der Waals surface area contributed by atoms with Crippen LogP contribution in [0.4, 0.5) is 0 Å². The quantitative estimate of drug-likeness (QED) is 0.905. The lowest BCUT2D eigenvalue weighted by Crippen LogP contribution is -2.04. The van der Waals surface area contributed by atoms with E-state index in [4.69, 9.17) is 9.84 Å². The molecule has 108 valence electrons. The third-order valence-corrected chi connectivity index (χ3v) is 3.90. The van der Waals surface area contributed by atoms with Crippen molar-refractivity contribution in [3.8, 4) is 16.9 Å². The van der Waals surface area contributed by atoms with E-state index in [0.29, 0.717) is 5.92 Å². The molecule has 1 aliphatic rings. The van der Waals surface area contributed by atoms with E-state index in [9.17, 15) is 4.79 Å². The molecule has 21 heavy (non-hydrogen) atoms. The fraction of sp³-hybridized carbons (Fsp3) is 0.278. The van der Waals surface area contributed by atoms with Gasteiger partial charge < -0.3 is 9.84 Å². The van der Waals surface area contributed by atoms with E-state index in [1.54, 1.807) is 7.11 Å². The van der Waals surface area contributed by atoms with Gasteiger partial charge in [0, 0.05) is 0 Å². The monoisotopic (exact) mass is 282 g/mol. The van der Waals surface area contributed by atoms with Crippen LogP contribution in [0.1, 0.15) is 29.9 Å². The van der Waals surface area contributed by atoms with Crippen LogP contribution in [0.3, 0.4) is 0 Å². The minimum absolute atomic E-state index is 0.0869. The number of carboxylic acid groups (broad SMARTS) is 1. The third kappa shape index (κ3) is 2.92. The van der Waals surface area contributed by atoms with E-state index in [1.807, 2.05) is 36.4 Å². The van der Waals surface area contributed by atoms with Crippen LogP contribution in [-0.4, -0.2) is 18.2 Å². The number of carboxylic acids is 1. The molecule has 3 heteroatoms. The lowest BCUT2D eigenvalue weighted by Gasteiger charge is -2.14. The summed E-state index contributed by atoms with van der Waals surface area (Å²) in [7, 11) is 1.65. The van der Waals surface area contributed by atoms with Crippen molar-refractivity contribution in [3.63, 3.8) is 0 Å². The molecule has 0 spiro atoms. The molecule has 1 N–H and O–H groups in total. The summed E-state index contributed by atoms with van der Waals surface area (Å²) in [5.41, 5.74) is 4.36. The SMILES string of the molecule is COc1cccc(-c2cccc(CC(=O)O)c2C2CC2)c1. The lowest BCUT2D eigenvalue weighted by atomic mass is 9.91. The Balaban J connectivity index is 2.10. The highest BCUT2D eigenvalue weighted by Crippen LogP contribution is 2.46. The third-order valence-electron chi connectivity index (χ3n) is 3.90. The summed E-state index contributed by atoms with van der Waals surface area (Å²) in [5, 5.41) is 9.12. The number of hydrogen-bond donors (Lipinski definition) is 1. The summed E-state index contributed by atoms with van der Waals surface area (Å²) in [5.74, 6) is 0.541. The molecular weight excluding hydrogens is 264 g/mol. The van der Waals surface area contributed by atoms with Gasteiger partial charge in [-0.25, -0.2) is 0 Å². The van der Waals surface area contributed by atoms with Gasteiger partial charge in [0.1, 0.15) is 5.75 Å². The van der Waals surface area contributed by atoms with E-state index in [2.05, 4.69) is 6.07 Å². The standard InChI is InChI=1S/C18H18O3/c1-21-15-6-2-4-13(10-15)16-7-3-5-14(11-17(19)20)18(16)12-8-9-12/h2-7,10,12H,8-9,11H2,1H3,(H,19,20). The second kappa shape index (κ2) is 5.60. The summed E-state index contributed by atoms with van der Waals surface area (Å²) >= 11 is 0. The first kappa shape index (κ1) is 13.7. The van der Waals surface area contributed by atoms with Gasteiger partial charge in [-0.3, -0.25) is 4.79 Å². The van der Waals surface area contributed by atoms with Crippen molar-refractivity contribution in [3.05, 3.63) is 53.6 Å². The van der Waals surface area contributed by atoms with Crippen LogP contribution >= 0.6 is 0 Å². The van der Waals surface area contributed by atoms with Gasteiger partial charge in [-0.2, -0.15) is 0 Å². The Morgan fingerprint density at radius 2 is 2.00 bits per heavy atom. The van der Waals surface area contributed by atoms with Crippen molar-refractivity contribution < 1.29 is 14.6 Å². The van der Waals surface area contributed by atoms with Crippen molar-refractivity contribution in [1.29, 1.82) is 0 Å². The second-order valence-electron chi connectivity index (χ2n) is 5.46. The molecule has 2 aromatic rings. The van der Waals surface area contributed by atoms with Crippen molar-refractivity contribution >= 4 is 5.97 Å². The van der Waals surface area contributed by atoms with Crippen LogP contribution in [0.25, 0.3) is 11.1 Å². The average Bonchev–Trinajstić information content (AvgIpc) is 3.31. The van der Waals surface area contributed by atoms with E-state index in [1.165, 1.54) is 5.56 Å². The Bertz CT molecular complexity index is 672. The maximum absolute atomic E-state index is 11.1. The summed E-state index contributed by atoms with van der Waals surface area (Å²) in [6, 6.07) is 13.9. The highest BCUT2D eigenvalue weighted by atomic mass is 16.5. The smallest absolute Gasteiger partial charge is 0.307 e. The zero-order valence-corrected chi connectivity index (χ0v) is 12.0. The first-order valence-electron chi connectivity index (χ1n) is 7.17. The zero-order valence-electron chi connectivity index (χ0n) is 12.0. The molecule has 1 saturated carbocycles. The maximum Gasteiger partial charge on any atom is 0.307 e. The number of carbonyl (C=O) groups is 1. The van der Waals surface area contributed by atoms with E-state index >= 15 is 0 Å². The van der Waals surface area contributed by atoms with Gasteiger partial charge in [-0.1, -0.05) is 30.3 Å².